The van der Waals surface area contributed by atoms with Gasteiger partial charge in [0, 0.05) is 21.2 Å². The lowest BCUT2D eigenvalue weighted by Crippen LogP contribution is -2.25. The molecule has 110 valence electrons. The average molecular weight is 424 g/mol. The highest BCUT2D eigenvalue weighted by molar-refractivity contribution is 9.11. The Kier molecular flexibility index (Phi) is 5.28. The Bertz CT molecular complexity index is 619. The summed E-state index contributed by atoms with van der Waals surface area (Å²) in [5.74, 6) is 0. The van der Waals surface area contributed by atoms with Gasteiger partial charge in [-0.3, -0.25) is 0 Å². The van der Waals surface area contributed by atoms with Crippen LogP contribution in [0.3, 0.4) is 0 Å². The topological polar surface area (TPSA) is 72.2 Å². The number of hydrogen-bond donors (Lipinski definition) is 2. The van der Waals surface area contributed by atoms with E-state index in [-0.39, 0.29) is 4.90 Å². The van der Waals surface area contributed by atoms with Gasteiger partial charge in [0.25, 0.3) is 0 Å². The van der Waals surface area contributed by atoms with Gasteiger partial charge in [0.1, 0.15) is 4.90 Å². The fraction of sp³-hybridized carbons (Fsp3) is 0.385. The third kappa shape index (κ3) is 3.84. The van der Waals surface area contributed by atoms with Crippen molar-refractivity contribution in [3.63, 3.8) is 0 Å². The standard InChI is InChI=1S/C13H16Br2N2O2S/c14-11-7-10(16)8-12(15)13(11)20(18,19)17-6-5-9-3-1-2-4-9/h3,7-8,17H,1-2,4-6,16H2. The SMILES string of the molecule is Nc1cc(Br)c(S(=O)(=O)NCCC2=CCCC2)c(Br)c1. The van der Waals surface area contributed by atoms with Crippen molar-refractivity contribution in [2.24, 2.45) is 0 Å². The third-order valence-corrected chi connectivity index (χ3v) is 6.50. The average Bonchev–Trinajstić information content (AvgIpc) is 2.79. The van der Waals surface area contributed by atoms with Gasteiger partial charge in [-0.25, -0.2) is 13.1 Å². The summed E-state index contributed by atoms with van der Waals surface area (Å²) >= 11 is 6.50. The predicted octanol–water partition coefficient (Wildman–Crippen LogP) is 3.57. The van der Waals surface area contributed by atoms with Crippen molar-refractivity contribution in [1.82, 2.24) is 4.72 Å². The predicted molar refractivity (Wildman–Crippen MR) is 88.0 cm³/mol. The molecule has 1 aliphatic rings. The minimum absolute atomic E-state index is 0.187. The first-order chi connectivity index (χ1) is 9.40. The molecule has 0 saturated heterocycles. The van der Waals surface area contributed by atoms with Crippen LogP contribution in [0.2, 0.25) is 0 Å². The van der Waals surface area contributed by atoms with Gasteiger partial charge >= 0.3 is 0 Å². The van der Waals surface area contributed by atoms with Gasteiger partial charge in [0.2, 0.25) is 10.0 Å². The van der Waals surface area contributed by atoms with E-state index in [4.69, 9.17) is 5.73 Å². The van der Waals surface area contributed by atoms with Gasteiger partial charge in [-0.15, -0.1) is 0 Å². The fourth-order valence-electron chi connectivity index (χ4n) is 2.22. The van der Waals surface area contributed by atoms with E-state index < -0.39 is 10.0 Å². The Morgan fingerprint density at radius 1 is 1.25 bits per heavy atom. The molecule has 0 aromatic heterocycles. The maximum Gasteiger partial charge on any atom is 0.242 e. The summed E-state index contributed by atoms with van der Waals surface area (Å²) in [6, 6.07) is 3.16. The van der Waals surface area contributed by atoms with Crippen LogP contribution in [0.5, 0.6) is 0 Å². The second-order valence-corrected chi connectivity index (χ2v) is 8.13. The Balaban J connectivity index is 2.10. The first-order valence-corrected chi connectivity index (χ1v) is 9.39. The normalized spacial score (nSPS) is 15.4. The van der Waals surface area contributed by atoms with Crippen molar-refractivity contribution in [2.75, 3.05) is 12.3 Å². The molecule has 0 spiro atoms. The van der Waals surface area contributed by atoms with E-state index in [9.17, 15) is 8.42 Å². The summed E-state index contributed by atoms with van der Waals surface area (Å²) in [6.45, 7) is 0.414. The number of allylic oxidation sites excluding steroid dienone is 1. The van der Waals surface area contributed by atoms with Gasteiger partial charge in [0.15, 0.2) is 0 Å². The molecule has 0 atom stereocenters. The van der Waals surface area contributed by atoms with Gasteiger partial charge in [0.05, 0.1) is 0 Å². The molecular formula is C13H16Br2N2O2S. The zero-order valence-corrected chi connectivity index (χ0v) is 14.8. The Hall–Kier alpha value is -0.370. The molecule has 1 aliphatic carbocycles. The van der Waals surface area contributed by atoms with Crippen LogP contribution in [0.25, 0.3) is 0 Å². The van der Waals surface area contributed by atoms with Crippen molar-refractivity contribution < 1.29 is 8.42 Å². The molecule has 0 aliphatic heterocycles. The lowest BCUT2D eigenvalue weighted by atomic mass is 10.2. The summed E-state index contributed by atoms with van der Waals surface area (Å²) < 4.78 is 28.2. The molecule has 0 heterocycles. The van der Waals surface area contributed by atoms with Crippen molar-refractivity contribution in [2.45, 2.75) is 30.6 Å². The van der Waals surface area contributed by atoms with Crippen LogP contribution < -0.4 is 10.5 Å². The Labute approximate surface area is 136 Å². The van der Waals surface area contributed by atoms with E-state index in [1.165, 1.54) is 12.0 Å². The van der Waals surface area contributed by atoms with Gasteiger partial charge in [-0.2, -0.15) is 0 Å². The number of rotatable bonds is 5. The molecule has 1 aromatic carbocycles. The lowest BCUT2D eigenvalue weighted by molar-refractivity contribution is 0.580. The molecule has 4 nitrogen and oxygen atoms in total. The molecular weight excluding hydrogens is 408 g/mol. The molecule has 0 unspecified atom stereocenters. The van der Waals surface area contributed by atoms with Crippen LogP contribution in [0.15, 0.2) is 37.6 Å². The molecule has 20 heavy (non-hydrogen) atoms. The van der Waals surface area contributed by atoms with Gasteiger partial charge in [-0.1, -0.05) is 11.6 Å². The number of hydrogen-bond acceptors (Lipinski definition) is 3. The number of benzene rings is 1. The number of nitrogens with one attached hydrogen (secondary N) is 1. The molecule has 0 saturated carbocycles. The van der Waals surface area contributed by atoms with Crippen LogP contribution in [0.4, 0.5) is 5.69 Å². The zero-order valence-electron chi connectivity index (χ0n) is 10.8. The number of nitrogens with two attached hydrogens (primary N) is 1. The molecule has 0 amide bonds. The highest BCUT2D eigenvalue weighted by Crippen LogP contribution is 2.32. The molecule has 7 heteroatoms. The monoisotopic (exact) mass is 422 g/mol. The van der Waals surface area contributed by atoms with Crippen LogP contribution >= 0.6 is 31.9 Å². The van der Waals surface area contributed by atoms with Crippen molar-refractivity contribution >= 4 is 47.6 Å². The number of nitrogen functional groups attached to an aromatic ring is 1. The molecule has 0 radical (unpaired) electrons. The third-order valence-electron chi connectivity index (χ3n) is 3.16. The van der Waals surface area contributed by atoms with Crippen molar-refractivity contribution in [1.29, 1.82) is 0 Å². The maximum atomic E-state index is 12.3. The number of anilines is 1. The first-order valence-electron chi connectivity index (χ1n) is 6.32. The number of halogens is 2. The van der Waals surface area contributed by atoms with E-state index >= 15 is 0 Å². The van der Waals surface area contributed by atoms with E-state index in [0.717, 1.165) is 19.3 Å². The minimum Gasteiger partial charge on any atom is -0.399 e. The lowest BCUT2D eigenvalue weighted by Gasteiger charge is -2.11. The highest BCUT2D eigenvalue weighted by atomic mass is 79.9. The summed E-state index contributed by atoms with van der Waals surface area (Å²) in [6.07, 6.45) is 6.33. The largest absolute Gasteiger partial charge is 0.399 e. The maximum absolute atomic E-state index is 12.3. The molecule has 1 aromatic rings. The van der Waals surface area contributed by atoms with Crippen LogP contribution in [-0.4, -0.2) is 15.0 Å². The van der Waals surface area contributed by atoms with Gasteiger partial charge < -0.3 is 5.73 Å². The van der Waals surface area contributed by atoms with E-state index in [0.29, 0.717) is 21.2 Å². The molecule has 0 bridgehead atoms. The Morgan fingerprint density at radius 3 is 2.45 bits per heavy atom. The summed E-state index contributed by atoms with van der Waals surface area (Å²) in [5.41, 5.74) is 7.51. The zero-order chi connectivity index (χ0) is 14.8. The van der Waals surface area contributed by atoms with Gasteiger partial charge in [-0.05, 0) is 69.7 Å². The molecule has 3 N–H and O–H groups in total. The van der Waals surface area contributed by atoms with E-state index in [2.05, 4.69) is 42.7 Å². The quantitative estimate of drug-likeness (QED) is 0.561. The first kappa shape index (κ1) is 16.0. The minimum atomic E-state index is -3.56. The van der Waals surface area contributed by atoms with Crippen LogP contribution in [0, 0.1) is 0 Å². The van der Waals surface area contributed by atoms with E-state index in [1.807, 2.05) is 0 Å². The second kappa shape index (κ2) is 6.60. The fourth-order valence-corrected chi connectivity index (χ4v) is 5.87. The smallest absolute Gasteiger partial charge is 0.242 e. The summed E-state index contributed by atoms with van der Waals surface area (Å²) in [4.78, 5) is 0.187. The van der Waals surface area contributed by atoms with Crippen molar-refractivity contribution in [3.8, 4) is 0 Å². The molecule has 0 fully saturated rings. The second-order valence-electron chi connectivity index (χ2n) is 4.72. The summed E-state index contributed by atoms with van der Waals surface area (Å²) in [5, 5.41) is 0. The Morgan fingerprint density at radius 2 is 1.90 bits per heavy atom. The van der Waals surface area contributed by atoms with Crippen LogP contribution in [0.1, 0.15) is 25.7 Å². The highest BCUT2D eigenvalue weighted by Gasteiger charge is 2.21. The van der Waals surface area contributed by atoms with Crippen molar-refractivity contribution in [3.05, 3.63) is 32.7 Å². The van der Waals surface area contributed by atoms with Crippen LogP contribution in [-0.2, 0) is 10.0 Å². The number of sulfonamides is 1. The molecule has 2 rings (SSSR count). The van der Waals surface area contributed by atoms with E-state index in [1.54, 1.807) is 12.1 Å². The summed E-state index contributed by atoms with van der Waals surface area (Å²) in [7, 11) is -3.56.